The fourth-order valence-electron chi connectivity index (χ4n) is 2.46. The zero-order valence-electron chi connectivity index (χ0n) is 13.2. The lowest BCUT2D eigenvalue weighted by Gasteiger charge is -2.26. The van der Waals surface area contributed by atoms with Crippen molar-refractivity contribution in [2.75, 3.05) is 39.5 Å². The molecule has 24 heavy (non-hydrogen) atoms. The molecule has 2 aromatic rings. The van der Waals surface area contributed by atoms with Crippen molar-refractivity contribution in [3.63, 3.8) is 0 Å². The molecule has 0 bridgehead atoms. The molecular formula is C18H19ClFNO3. The molecule has 0 saturated carbocycles. The Balaban J connectivity index is 1.65. The number of benzene rings is 2. The number of hydrogen-bond acceptors (Lipinski definition) is 4. The largest absolute Gasteiger partial charge is 0.488 e. The molecule has 6 heteroatoms. The summed E-state index contributed by atoms with van der Waals surface area (Å²) in [5.41, 5.74) is 0. The van der Waals surface area contributed by atoms with Gasteiger partial charge in [-0.15, -0.1) is 0 Å². The first kappa shape index (κ1) is 17.0. The van der Waals surface area contributed by atoms with Gasteiger partial charge in [0, 0.05) is 24.7 Å². The van der Waals surface area contributed by atoms with Crippen LogP contribution in [-0.4, -0.2) is 44.4 Å². The van der Waals surface area contributed by atoms with Crippen LogP contribution in [-0.2, 0) is 4.74 Å². The van der Waals surface area contributed by atoms with Crippen molar-refractivity contribution in [3.05, 3.63) is 53.3 Å². The van der Waals surface area contributed by atoms with Crippen LogP contribution in [0.15, 0.2) is 42.5 Å². The molecule has 0 atom stereocenters. The number of nitrogens with zero attached hydrogens (tertiary/aromatic N) is 1. The fourth-order valence-corrected chi connectivity index (χ4v) is 2.64. The van der Waals surface area contributed by atoms with Gasteiger partial charge in [0.2, 0.25) is 5.75 Å². The Kier molecular flexibility index (Phi) is 5.91. The minimum absolute atomic E-state index is 0.0711. The zero-order valence-corrected chi connectivity index (χ0v) is 14.0. The van der Waals surface area contributed by atoms with Crippen LogP contribution in [0.4, 0.5) is 4.39 Å². The Hall–Kier alpha value is -1.82. The summed E-state index contributed by atoms with van der Waals surface area (Å²) >= 11 is 5.94. The molecule has 0 spiro atoms. The molecule has 128 valence electrons. The van der Waals surface area contributed by atoms with Crippen LogP contribution in [0, 0.1) is 5.82 Å². The van der Waals surface area contributed by atoms with Crippen LogP contribution < -0.4 is 9.47 Å². The average Bonchev–Trinajstić information content (AvgIpc) is 2.59. The Bertz CT molecular complexity index is 677. The third-order valence-corrected chi connectivity index (χ3v) is 3.95. The summed E-state index contributed by atoms with van der Waals surface area (Å²) in [5.74, 6) is 0.439. The Labute approximate surface area is 145 Å². The lowest BCUT2D eigenvalue weighted by atomic mass is 10.3. The molecular weight excluding hydrogens is 333 g/mol. The van der Waals surface area contributed by atoms with Crippen molar-refractivity contribution in [2.24, 2.45) is 0 Å². The van der Waals surface area contributed by atoms with E-state index in [1.807, 2.05) is 0 Å². The number of ether oxygens (including phenoxy) is 3. The first-order valence-electron chi connectivity index (χ1n) is 7.87. The molecule has 1 aliphatic rings. The highest BCUT2D eigenvalue weighted by molar-refractivity contribution is 6.30. The first-order valence-corrected chi connectivity index (χ1v) is 8.25. The van der Waals surface area contributed by atoms with Crippen molar-refractivity contribution in [3.8, 4) is 17.2 Å². The van der Waals surface area contributed by atoms with E-state index in [0.29, 0.717) is 23.1 Å². The normalized spacial score (nSPS) is 15.2. The average molecular weight is 352 g/mol. The monoisotopic (exact) mass is 351 g/mol. The molecule has 0 N–H and O–H groups in total. The summed E-state index contributed by atoms with van der Waals surface area (Å²) in [6.07, 6.45) is 0. The molecule has 1 saturated heterocycles. The lowest BCUT2D eigenvalue weighted by molar-refractivity contribution is 0.0321. The van der Waals surface area contributed by atoms with Crippen LogP contribution >= 0.6 is 11.6 Å². The summed E-state index contributed by atoms with van der Waals surface area (Å²) in [4.78, 5) is 2.25. The van der Waals surface area contributed by atoms with Crippen LogP contribution in [0.2, 0.25) is 5.02 Å². The Morgan fingerprint density at radius 3 is 2.71 bits per heavy atom. The van der Waals surface area contributed by atoms with Gasteiger partial charge in [0.1, 0.15) is 12.4 Å². The topological polar surface area (TPSA) is 30.9 Å². The van der Waals surface area contributed by atoms with E-state index in [1.54, 1.807) is 36.4 Å². The van der Waals surface area contributed by atoms with E-state index in [-0.39, 0.29) is 5.75 Å². The highest BCUT2D eigenvalue weighted by Crippen LogP contribution is 2.34. The molecule has 0 amide bonds. The predicted molar refractivity (Wildman–Crippen MR) is 90.7 cm³/mol. The molecule has 0 unspecified atom stereocenters. The summed E-state index contributed by atoms with van der Waals surface area (Å²) in [7, 11) is 0. The van der Waals surface area contributed by atoms with E-state index in [4.69, 9.17) is 25.8 Å². The second-order valence-electron chi connectivity index (χ2n) is 5.43. The molecule has 1 aliphatic heterocycles. The van der Waals surface area contributed by atoms with Gasteiger partial charge in [-0.2, -0.15) is 0 Å². The van der Waals surface area contributed by atoms with Crippen molar-refractivity contribution in [2.45, 2.75) is 0 Å². The molecule has 1 fully saturated rings. The minimum atomic E-state index is -0.473. The quantitative estimate of drug-likeness (QED) is 0.787. The minimum Gasteiger partial charge on any atom is -0.488 e. The Morgan fingerprint density at radius 2 is 1.92 bits per heavy atom. The second-order valence-corrected chi connectivity index (χ2v) is 5.87. The standard InChI is InChI=1S/C18H19ClFNO3/c19-14-3-1-4-15(13-14)24-18-16(20)5-2-6-17(18)23-12-9-21-7-10-22-11-8-21/h1-6,13H,7-12H2. The molecule has 2 aromatic carbocycles. The van der Waals surface area contributed by atoms with Gasteiger partial charge in [-0.3, -0.25) is 4.90 Å². The third-order valence-electron chi connectivity index (χ3n) is 3.72. The van der Waals surface area contributed by atoms with Crippen LogP contribution in [0.25, 0.3) is 0 Å². The molecule has 0 radical (unpaired) electrons. The van der Waals surface area contributed by atoms with Gasteiger partial charge in [0.15, 0.2) is 11.6 Å². The van der Waals surface area contributed by atoms with E-state index in [1.165, 1.54) is 6.07 Å². The van der Waals surface area contributed by atoms with Gasteiger partial charge in [0.05, 0.1) is 13.2 Å². The van der Waals surface area contributed by atoms with Gasteiger partial charge >= 0.3 is 0 Å². The summed E-state index contributed by atoms with van der Waals surface area (Å²) in [5, 5.41) is 0.527. The van der Waals surface area contributed by atoms with E-state index in [9.17, 15) is 4.39 Å². The molecule has 0 aliphatic carbocycles. The van der Waals surface area contributed by atoms with E-state index in [2.05, 4.69) is 4.90 Å². The number of hydrogen-bond donors (Lipinski definition) is 0. The van der Waals surface area contributed by atoms with Gasteiger partial charge in [0.25, 0.3) is 0 Å². The second kappa shape index (κ2) is 8.33. The molecule has 1 heterocycles. The summed E-state index contributed by atoms with van der Waals surface area (Å²) < 4.78 is 30.9. The SMILES string of the molecule is Fc1cccc(OCCN2CCOCC2)c1Oc1cccc(Cl)c1. The smallest absolute Gasteiger partial charge is 0.204 e. The van der Waals surface area contributed by atoms with Crippen molar-refractivity contribution in [1.29, 1.82) is 0 Å². The summed E-state index contributed by atoms with van der Waals surface area (Å²) in [6, 6.07) is 11.5. The number of morpholine rings is 1. The number of para-hydroxylation sites is 1. The van der Waals surface area contributed by atoms with Gasteiger partial charge in [-0.25, -0.2) is 4.39 Å². The Morgan fingerprint density at radius 1 is 1.12 bits per heavy atom. The first-order chi connectivity index (χ1) is 11.7. The predicted octanol–water partition coefficient (Wildman–Crippen LogP) is 3.98. The van der Waals surface area contributed by atoms with Crippen LogP contribution in [0.5, 0.6) is 17.2 Å². The van der Waals surface area contributed by atoms with Crippen LogP contribution in [0.1, 0.15) is 0 Å². The summed E-state index contributed by atoms with van der Waals surface area (Å²) in [6.45, 7) is 4.47. The fraction of sp³-hybridized carbons (Fsp3) is 0.333. The van der Waals surface area contributed by atoms with E-state index >= 15 is 0 Å². The zero-order chi connectivity index (χ0) is 16.8. The van der Waals surface area contributed by atoms with Crippen molar-refractivity contribution in [1.82, 2.24) is 4.90 Å². The number of rotatable bonds is 6. The maximum Gasteiger partial charge on any atom is 0.204 e. The highest BCUT2D eigenvalue weighted by Gasteiger charge is 2.14. The van der Waals surface area contributed by atoms with Gasteiger partial charge < -0.3 is 14.2 Å². The van der Waals surface area contributed by atoms with Crippen molar-refractivity contribution < 1.29 is 18.6 Å². The third kappa shape index (κ3) is 4.60. The highest BCUT2D eigenvalue weighted by atomic mass is 35.5. The molecule has 3 rings (SSSR count). The van der Waals surface area contributed by atoms with Crippen molar-refractivity contribution >= 4 is 11.6 Å². The maximum atomic E-state index is 14.2. The molecule has 4 nitrogen and oxygen atoms in total. The molecule has 0 aromatic heterocycles. The number of halogens is 2. The maximum absolute atomic E-state index is 14.2. The lowest BCUT2D eigenvalue weighted by Crippen LogP contribution is -2.38. The van der Waals surface area contributed by atoms with E-state index in [0.717, 1.165) is 32.8 Å². The van der Waals surface area contributed by atoms with Gasteiger partial charge in [-0.1, -0.05) is 23.7 Å². The van der Waals surface area contributed by atoms with E-state index < -0.39 is 5.82 Å². The van der Waals surface area contributed by atoms with Gasteiger partial charge in [-0.05, 0) is 30.3 Å². The van der Waals surface area contributed by atoms with Crippen LogP contribution in [0.3, 0.4) is 0 Å².